The van der Waals surface area contributed by atoms with E-state index in [1.165, 1.54) is 0 Å². The van der Waals surface area contributed by atoms with Crippen LogP contribution in [0.2, 0.25) is 0 Å². The first-order valence-corrected chi connectivity index (χ1v) is 11.4. The van der Waals surface area contributed by atoms with Gasteiger partial charge in [0.15, 0.2) is 5.78 Å². The molecule has 0 aliphatic heterocycles. The number of nitrogens with two attached hydrogens (primary N) is 1. The fraction of sp³-hybridized carbons (Fsp3) is 0.360. The summed E-state index contributed by atoms with van der Waals surface area (Å²) in [7, 11) is 1.95. The number of H-pyrrole nitrogens is 1. The van der Waals surface area contributed by atoms with Gasteiger partial charge >= 0.3 is 0 Å². The zero-order valence-corrected chi connectivity index (χ0v) is 18.7. The molecule has 3 heterocycles. The number of aromatic nitrogens is 5. The number of aryl methyl sites for hydroxylation is 1. The highest BCUT2D eigenvalue weighted by Crippen LogP contribution is 2.48. The molecular weight excluding hydrogens is 416 g/mol. The van der Waals surface area contributed by atoms with Gasteiger partial charge in [-0.25, -0.2) is 0 Å². The second-order valence-electron chi connectivity index (χ2n) is 9.61. The average molecular weight is 443 g/mol. The third-order valence-electron chi connectivity index (χ3n) is 7.30. The van der Waals surface area contributed by atoms with Crippen molar-refractivity contribution in [2.75, 3.05) is 0 Å². The van der Waals surface area contributed by atoms with Crippen LogP contribution in [0.3, 0.4) is 0 Å². The second kappa shape index (κ2) is 6.99. The number of hydrogen-bond donors (Lipinski definition) is 2. The minimum atomic E-state index is -0.318. The molecule has 3 aromatic heterocycles. The van der Waals surface area contributed by atoms with Gasteiger partial charge in [0.2, 0.25) is 0 Å². The van der Waals surface area contributed by atoms with Crippen LogP contribution >= 0.6 is 0 Å². The summed E-state index contributed by atoms with van der Waals surface area (Å²) in [6.45, 7) is 1.55. The molecule has 8 nitrogen and oxygen atoms in total. The maximum atomic E-state index is 13.5. The highest BCUT2D eigenvalue weighted by atomic mass is 16.1. The van der Waals surface area contributed by atoms with Crippen LogP contribution < -0.4 is 11.3 Å². The van der Waals surface area contributed by atoms with Crippen LogP contribution in [0, 0.1) is 0 Å². The number of carbonyl (C=O) groups is 1. The van der Waals surface area contributed by atoms with E-state index in [4.69, 9.17) is 5.73 Å². The van der Waals surface area contributed by atoms with Crippen LogP contribution in [0.4, 0.5) is 0 Å². The van der Waals surface area contributed by atoms with Crippen molar-refractivity contribution < 1.29 is 4.79 Å². The minimum Gasteiger partial charge on any atom is -0.356 e. The highest BCUT2D eigenvalue weighted by Gasteiger charge is 2.48. The molecule has 2 aliphatic rings. The van der Waals surface area contributed by atoms with Gasteiger partial charge in [-0.2, -0.15) is 0 Å². The second-order valence-corrected chi connectivity index (χ2v) is 9.61. The van der Waals surface area contributed by atoms with E-state index >= 15 is 0 Å². The van der Waals surface area contributed by atoms with E-state index in [2.05, 4.69) is 27.3 Å². The molecule has 0 spiro atoms. The predicted octanol–water partition coefficient (Wildman–Crippen LogP) is 2.93. The fourth-order valence-electron chi connectivity index (χ4n) is 5.50. The number of fused-ring (bicyclic) bond motifs is 1. The maximum absolute atomic E-state index is 13.5. The zero-order valence-electron chi connectivity index (χ0n) is 18.7. The Kier molecular flexibility index (Phi) is 4.26. The molecule has 4 aromatic rings. The van der Waals surface area contributed by atoms with Gasteiger partial charge in [0, 0.05) is 42.1 Å². The zero-order chi connectivity index (χ0) is 22.9. The van der Waals surface area contributed by atoms with E-state index in [0.717, 1.165) is 53.7 Å². The predicted molar refractivity (Wildman–Crippen MR) is 125 cm³/mol. The number of aromatic amines is 1. The van der Waals surface area contributed by atoms with Gasteiger partial charge in [0.05, 0.1) is 5.41 Å². The number of benzene rings is 1. The van der Waals surface area contributed by atoms with Crippen LogP contribution in [0.5, 0.6) is 0 Å². The molecule has 0 saturated heterocycles. The summed E-state index contributed by atoms with van der Waals surface area (Å²) in [5.41, 5.74) is 9.77. The Morgan fingerprint density at radius 3 is 2.70 bits per heavy atom. The number of carbonyl (C=O) groups excluding carboxylic acids is 1. The molecule has 0 bridgehead atoms. The van der Waals surface area contributed by atoms with Crippen molar-refractivity contribution in [2.24, 2.45) is 12.8 Å². The summed E-state index contributed by atoms with van der Waals surface area (Å²) < 4.78 is 3.66. The van der Waals surface area contributed by atoms with Gasteiger partial charge in [0.25, 0.3) is 5.56 Å². The molecule has 2 fully saturated rings. The van der Waals surface area contributed by atoms with Gasteiger partial charge in [0.1, 0.15) is 17.7 Å². The third-order valence-corrected chi connectivity index (χ3v) is 7.30. The molecule has 0 atom stereocenters. The van der Waals surface area contributed by atoms with Gasteiger partial charge in [-0.15, -0.1) is 10.2 Å². The van der Waals surface area contributed by atoms with Gasteiger partial charge < -0.3 is 15.3 Å². The molecule has 2 aliphatic carbocycles. The SMILES string of the molecule is CC(=O)c1c[nH]c2c(=O)n(-c3cccc([C@]4(c5nncn5C)C[C@H](N)C4)c3)cc(C3CC3)c12. The Bertz CT molecular complexity index is 1470. The van der Waals surface area contributed by atoms with Crippen molar-refractivity contribution in [3.05, 3.63) is 75.9 Å². The summed E-state index contributed by atoms with van der Waals surface area (Å²) in [6, 6.07) is 8.19. The van der Waals surface area contributed by atoms with Crippen molar-refractivity contribution >= 4 is 16.7 Å². The van der Waals surface area contributed by atoms with Gasteiger partial charge in [-0.1, -0.05) is 12.1 Å². The van der Waals surface area contributed by atoms with Crippen LogP contribution in [-0.4, -0.2) is 36.1 Å². The minimum absolute atomic E-state index is 0.0331. The normalized spacial score (nSPS) is 22.5. The molecule has 168 valence electrons. The summed E-state index contributed by atoms with van der Waals surface area (Å²) >= 11 is 0. The Balaban J connectivity index is 1.53. The topological polar surface area (TPSA) is 112 Å². The van der Waals surface area contributed by atoms with Gasteiger partial charge in [-0.3, -0.25) is 14.2 Å². The van der Waals surface area contributed by atoms with E-state index < -0.39 is 0 Å². The lowest BCUT2D eigenvalue weighted by atomic mass is 9.61. The summed E-state index contributed by atoms with van der Waals surface area (Å²) in [5.74, 6) is 1.23. The Hall–Kier alpha value is -3.52. The van der Waals surface area contributed by atoms with Crippen molar-refractivity contribution in [2.45, 2.75) is 50.0 Å². The molecule has 3 N–H and O–H groups in total. The van der Waals surface area contributed by atoms with Crippen molar-refractivity contribution in [3.8, 4) is 5.69 Å². The lowest BCUT2D eigenvalue weighted by Gasteiger charge is -2.45. The molecule has 8 heteroatoms. The molecule has 1 aromatic carbocycles. The Morgan fingerprint density at radius 2 is 2.06 bits per heavy atom. The standard InChI is InChI=1S/C25H26N6O2/c1-14(32)19-11-27-22-21(19)20(15-6-7-15)12-31(23(22)33)18-5-3-4-16(8-18)25(9-17(26)10-25)24-29-28-13-30(24)2/h3-5,8,11-13,15,17,27H,6-7,9-10,26H2,1-2H3/t17-,25-. The molecule has 0 radical (unpaired) electrons. The van der Waals surface area contributed by atoms with E-state index in [0.29, 0.717) is 17.0 Å². The van der Waals surface area contributed by atoms with E-state index in [9.17, 15) is 9.59 Å². The lowest BCUT2D eigenvalue weighted by molar-refractivity contribution is 0.101. The van der Waals surface area contributed by atoms with Crippen LogP contribution in [0.15, 0.2) is 47.8 Å². The summed E-state index contributed by atoms with van der Waals surface area (Å²) in [4.78, 5) is 28.8. The number of Topliss-reactive ketones (excluding diaryl/α,β-unsaturated/α-hetero) is 1. The number of ketones is 1. The van der Waals surface area contributed by atoms with Crippen LogP contribution in [0.25, 0.3) is 16.6 Å². The molecule has 0 amide bonds. The largest absolute Gasteiger partial charge is 0.356 e. The van der Waals surface area contributed by atoms with Crippen molar-refractivity contribution in [1.29, 1.82) is 0 Å². The number of pyridine rings is 1. The molecular formula is C25H26N6O2. The molecule has 2 saturated carbocycles. The average Bonchev–Trinajstić information content (AvgIpc) is 3.36. The summed E-state index contributed by atoms with van der Waals surface area (Å²) in [5, 5.41) is 9.27. The summed E-state index contributed by atoms with van der Waals surface area (Å²) in [6.07, 6.45) is 9.02. The van der Waals surface area contributed by atoms with E-state index in [1.54, 1.807) is 24.0 Å². The monoisotopic (exact) mass is 442 g/mol. The fourth-order valence-corrected chi connectivity index (χ4v) is 5.50. The quantitative estimate of drug-likeness (QED) is 0.462. The number of nitrogens with one attached hydrogen (secondary N) is 1. The maximum Gasteiger partial charge on any atom is 0.279 e. The molecule has 33 heavy (non-hydrogen) atoms. The van der Waals surface area contributed by atoms with Crippen LogP contribution in [0.1, 0.15) is 65.8 Å². The number of nitrogens with zero attached hydrogens (tertiary/aromatic N) is 4. The highest BCUT2D eigenvalue weighted by molar-refractivity contribution is 6.08. The third kappa shape index (κ3) is 2.94. The smallest absolute Gasteiger partial charge is 0.279 e. The number of rotatable bonds is 5. The van der Waals surface area contributed by atoms with Gasteiger partial charge in [-0.05, 0) is 61.8 Å². The molecule has 6 rings (SSSR count). The first-order valence-electron chi connectivity index (χ1n) is 11.4. The van der Waals surface area contributed by atoms with Crippen LogP contribution in [-0.2, 0) is 12.5 Å². The molecule has 0 unspecified atom stereocenters. The van der Waals surface area contributed by atoms with Crippen molar-refractivity contribution in [1.82, 2.24) is 24.3 Å². The van der Waals surface area contributed by atoms with Crippen molar-refractivity contribution in [3.63, 3.8) is 0 Å². The lowest BCUT2D eigenvalue weighted by Crippen LogP contribution is -2.51. The first kappa shape index (κ1) is 20.1. The Morgan fingerprint density at radius 1 is 1.27 bits per heavy atom. The number of hydrogen-bond acceptors (Lipinski definition) is 5. The van der Waals surface area contributed by atoms with E-state index in [-0.39, 0.29) is 22.8 Å². The first-order chi connectivity index (χ1) is 15.9. The Labute approximate surface area is 190 Å². The van der Waals surface area contributed by atoms with E-state index in [1.807, 2.05) is 29.9 Å².